The van der Waals surface area contributed by atoms with Gasteiger partial charge >= 0.3 is 0 Å². The summed E-state index contributed by atoms with van der Waals surface area (Å²) in [6, 6.07) is 5.92. The smallest absolute Gasteiger partial charge is 0.231 e. The molecule has 2 aliphatic rings. The number of carbonyl (C=O) groups is 1. The molecule has 134 valence electrons. The number of hydrogen-bond acceptors (Lipinski definition) is 5. The number of thiazole rings is 1. The average molecular weight is 360 g/mol. The second-order valence-corrected chi connectivity index (χ2v) is 7.78. The molecule has 1 aliphatic carbocycles. The van der Waals surface area contributed by atoms with Gasteiger partial charge in [0.15, 0.2) is 5.13 Å². The van der Waals surface area contributed by atoms with Crippen molar-refractivity contribution in [1.29, 1.82) is 0 Å². The molecule has 1 amide bonds. The lowest BCUT2D eigenvalue weighted by Crippen LogP contribution is -2.43. The first-order valence-corrected chi connectivity index (χ1v) is 10.0. The van der Waals surface area contributed by atoms with Gasteiger partial charge in [0.05, 0.1) is 29.5 Å². The van der Waals surface area contributed by atoms with Gasteiger partial charge in [-0.15, -0.1) is 0 Å². The van der Waals surface area contributed by atoms with E-state index in [-0.39, 0.29) is 17.9 Å². The van der Waals surface area contributed by atoms with Gasteiger partial charge in [-0.25, -0.2) is 4.98 Å². The molecule has 2 heterocycles. The third-order valence-corrected chi connectivity index (χ3v) is 6.06. The first kappa shape index (κ1) is 16.8. The van der Waals surface area contributed by atoms with Crippen LogP contribution < -0.4 is 9.64 Å². The van der Waals surface area contributed by atoms with Gasteiger partial charge in [0.1, 0.15) is 5.75 Å². The number of anilines is 1. The predicted molar refractivity (Wildman–Crippen MR) is 99.5 cm³/mol. The van der Waals surface area contributed by atoms with Crippen LogP contribution in [-0.2, 0) is 9.53 Å². The number of fused-ring (bicyclic) bond motifs is 1. The maximum Gasteiger partial charge on any atom is 0.231 e. The van der Waals surface area contributed by atoms with Crippen molar-refractivity contribution in [3.63, 3.8) is 0 Å². The zero-order valence-electron chi connectivity index (χ0n) is 14.6. The highest BCUT2D eigenvalue weighted by Crippen LogP contribution is 2.35. The highest BCUT2D eigenvalue weighted by atomic mass is 32.1. The van der Waals surface area contributed by atoms with Crippen LogP contribution in [0.4, 0.5) is 5.13 Å². The molecular formula is C19H24N2O3S. The van der Waals surface area contributed by atoms with Crippen LogP contribution in [0.3, 0.4) is 0 Å². The van der Waals surface area contributed by atoms with E-state index in [1.807, 2.05) is 30.0 Å². The second-order valence-electron chi connectivity index (χ2n) is 6.77. The van der Waals surface area contributed by atoms with Crippen molar-refractivity contribution in [2.24, 2.45) is 5.92 Å². The van der Waals surface area contributed by atoms with E-state index in [4.69, 9.17) is 14.5 Å². The van der Waals surface area contributed by atoms with Crippen LogP contribution in [0.1, 0.15) is 39.0 Å². The minimum atomic E-state index is 0.134. The van der Waals surface area contributed by atoms with E-state index < -0.39 is 0 Å². The van der Waals surface area contributed by atoms with Gasteiger partial charge in [-0.3, -0.25) is 9.69 Å². The van der Waals surface area contributed by atoms with E-state index in [1.54, 1.807) is 11.3 Å². The highest BCUT2D eigenvalue weighted by molar-refractivity contribution is 7.22. The molecule has 1 aromatic carbocycles. The molecule has 1 atom stereocenters. The number of nitrogens with zero attached hydrogens (tertiary/aromatic N) is 2. The van der Waals surface area contributed by atoms with E-state index >= 15 is 0 Å². The Morgan fingerprint density at radius 3 is 2.92 bits per heavy atom. The molecule has 6 heteroatoms. The van der Waals surface area contributed by atoms with Crippen LogP contribution in [0, 0.1) is 5.92 Å². The van der Waals surface area contributed by atoms with Crippen LogP contribution in [0.15, 0.2) is 18.2 Å². The van der Waals surface area contributed by atoms with Crippen LogP contribution in [0.5, 0.6) is 5.75 Å². The number of hydrogen-bond donors (Lipinski definition) is 0. The highest BCUT2D eigenvalue weighted by Gasteiger charge is 2.33. The second kappa shape index (κ2) is 7.30. The lowest BCUT2D eigenvalue weighted by Gasteiger charge is -2.31. The molecule has 1 aromatic heterocycles. The predicted octanol–water partition coefficient (Wildman–Crippen LogP) is 4.01. The third-order valence-electron chi connectivity index (χ3n) is 5.02. The molecule has 2 fully saturated rings. The maximum absolute atomic E-state index is 13.0. The van der Waals surface area contributed by atoms with Gasteiger partial charge in [-0.1, -0.05) is 17.8 Å². The van der Waals surface area contributed by atoms with Crippen LogP contribution in [-0.4, -0.2) is 36.8 Å². The molecule has 1 saturated heterocycles. The fraction of sp³-hybridized carbons (Fsp3) is 0.579. The Morgan fingerprint density at radius 1 is 1.36 bits per heavy atom. The fourth-order valence-electron chi connectivity index (χ4n) is 3.39. The molecule has 25 heavy (non-hydrogen) atoms. The first-order valence-electron chi connectivity index (χ1n) is 9.21. The van der Waals surface area contributed by atoms with Crippen molar-refractivity contribution in [2.45, 2.75) is 45.1 Å². The lowest BCUT2D eigenvalue weighted by atomic mass is 9.84. The summed E-state index contributed by atoms with van der Waals surface area (Å²) in [5, 5.41) is 0.788. The van der Waals surface area contributed by atoms with Gasteiger partial charge in [-0.2, -0.15) is 0 Å². The summed E-state index contributed by atoms with van der Waals surface area (Å²) in [5.74, 6) is 1.22. The summed E-state index contributed by atoms with van der Waals surface area (Å²) in [7, 11) is 0. The summed E-state index contributed by atoms with van der Waals surface area (Å²) < 4.78 is 12.4. The molecule has 2 aromatic rings. The number of ether oxygens (including phenoxy) is 2. The Bertz CT molecular complexity index is 750. The summed E-state index contributed by atoms with van der Waals surface area (Å²) >= 11 is 1.57. The number of carbonyl (C=O) groups excluding carboxylic acids is 1. The van der Waals surface area contributed by atoms with Crippen molar-refractivity contribution in [3.8, 4) is 5.75 Å². The Kier molecular flexibility index (Phi) is 4.90. The number of rotatable bonds is 6. The van der Waals surface area contributed by atoms with E-state index in [9.17, 15) is 4.79 Å². The third kappa shape index (κ3) is 3.51. The Hall–Kier alpha value is -1.66. The van der Waals surface area contributed by atoms with Gasteiger partial charge in [-0.05, 0) is 50.8 Å². The SMILES string of the molecule is CCOc1ccc2nc(N(CC3CCCO3)C(=O)C3CCC3)sc2c1. The molecule has 4 rings (SSSR count). The summed E-state index contributed by atoms with van der Waals surface area (Å²) in [6.07, 6.45) is 5.39. The molecular weight excluding hydrogens is 336 g/mol. The first-order chi connectivity index (χ1) is 12.2. The van der Waals surface area contributed by atoms with Crippen molar-refractivity contribution in [1.82, 2.24) is 4.98 Å². The monoisotopic (exact) mass is 360 g/mol. The quantitative estimate of drug-likeness (QED) is 0.781. The Morgan fingerprint density at radius 2 is 2.24 bits per heavy atom. The van der Waals surface area contributed by atoms with Crippen LogP contribution in [0.25, 0.3) is 10.2 Å². The van der Waals surface area contributed by atoms with Gasteiger partial charge in [0, 0.05) is 12.5 Å². The largest absolute Gasteiger partial charge is 0.494 e. The van der Waals surface area contributed by atoms with Gasteiger partial charge < -0.3 is 9.47 Å². The van der Waals surface area contributed by atoms with E-state index in [0.717, 1.165) is 59.8 Å². The molecule has 1 aliphatic heterocycles. The molecule has 5 nitrogen and oxygen atoms in total. The van der Waals surface area contributed by atoms with E-state index in [1.165, 1.54) is 0 Å². The minimum absolute atomic E-state index is 0.134. The molecule has 0 spiro atoms. The van der Waals surface area contributed by atoms with Gasteiger partial charge in [0.25, 0.3) is 0 Å². The van der Waals surface area contributed by atoms with Crippen molar-refractivity contribution < 1.29 is 14.3 Å². The van der Waals surface area contributed by atoms with Crippen LogP contribution in [0.2, 0.25) is 0 Å². The molecule has 1 saturated carbocycles. The Labute approximate surface area is 151 Å². The average Bonchev–Trinajstić information content (AvgIpc) is 3.19. The topological polar surface area (TPSA) is 51.7 Å². The zero-order valence-corrected chi connectivity index (χ0v) is 15.4. The maximum atomic E-state index is 13.0. The van der Waals surface area contributed by atoms with Crippen LogP contribution >= 0.6 is 11.3 Å². The molecule has 1 unspecified atom stereocenters. The number of amides is 1. The number of benzene rings is 1. The van der Waals surface area contributed by atoms with E-state index in [0.29, 0.717) is 13.2 Å². The Balaban J connectivity index is 1.62. The minimum Gasteiger partial charge on any atom is -0.494 e. The zero-order chi connectivity index (χ0) is 17.2. The van der Waals surface area contributed by atoms with Crippen molar-refractivity contribution in [2.75, 3.05) is 24.7 Å². The molecule has 0 bridgehead atoms. The molecule has 0 radical (unpaired) electrons. The normalized spacial score (nSPS) is 20.6. The standard InChI is InChI=1S/C19H24N2O3S/c1-2-23-14-8-9-16-17(11-14)25-19(20-16)21(12-15-7-4-10-24-15)18(22)13-5-3-6-13/h8-9,11,13,15H,2-7,10,12H2,1H3. The van der Waals surface area contributed by atoms with Crippen molar-refractivity contribution >= 4 is 32.6 Å². The molecule has 0 N–H and O–H groups in total. The fourth-order valence-corrected chi connectivity index (χ4v) is 4.40. The summed E-state index contributed by atoms with van der Waals surface area (Å²) in [5.41, 5.74) is 0.919. The summed E-state index contributed by atoms with van der Waals surface area (Å²) in [4.78, 5) is 19.6. The van der Waals surface area contributed by atoms with E-state index in [2.05, 4.69) is 0 Å². The number of aromatic nitrogens is 1. The van der Waals surface area contributed by atoms with Crippen molar-refractivity contribution in [3.05, 3.63) is 18.2 Å². The lowest BCUT2D eigenvalue weighted by molar-refractivity contribution is -0.125. The summed E-state index contributed by atoms with van der Waals surface area (Å²) in [6.45, 7) is 4.03. The van der Waals surface area contributed by atoms with Gasteiger partial charge in [0.2, 0.25) is 5.91 Å².